The van der Waals surface area contributed by atoms with Crippen molar-refractivity contribution in [3.05, 3.63) is 0 Å². The van der Waals surface area contributed by atoms with Crippen LogP contribution < -0.4 is 10.6 Å². The molecule has 0 aliphatic heterocycles. The van der Waals surface area contributed by atoms with Crippen LogP contribution in [0.5, 0.6) is 0 Å². The summed E-state index contributed by atoms with van der Waals surface area (Å²) in [6.07, 6.45) is 12.7. The molecule has 1 aliphatic carbocycles. The van der Waals surface area contributed by atoms with Crippen LogP contribution >= 0.6 is 0 Å². The molecule has 25 heavy (non-hydrogen) atoms. The molecule has 2 amide bonds. The van der Waals surface area contributed by atoms with Gasteiger partial charge >= 0.3 is 11.8 Å². The highest BCUT2D eigenvalue weighted by atomic mass is 16.2. The molecule has 1 aliphatic rings. The van der Waals surface area contributed by atoms with E-state index in [4.69, 9.17) is 0 Å². The maximum atomic E-state index is 12.0. The standard InChI is InChI=1S/C21H40N2O2/c1-5-6-7-8-9-10-11-16-22-19(24)20(25)23-18-14-12-17(13-15-18)21(2,3)4/h17-18H,5-16H2,1-4H3,(H,22,24)(H,23,25). The highest BCUT2D eigenvalue weighted by molar-refractivity contribution is 6.35. The van der Waals surface area contributed by atoms with Crippen molar-refractivity contribution in [3.63, 3.8) is 0 Å². The van der Waals surface area contributed by atoms with Crippen molar-refractivity contribution in [1.29, 1.82) is 0 Å². The molecule has 1 fully saturated rings. The summed E-state index contributed by atoms with van der Waals surface area (Å²) < 4.78 is 0. The van der Waals surface area contributed by atoms with E-state index < -0.39 is 11.8 Å². The van der Waals surface area contributed by atoms with Crippen molar-refractivity contribution < 1.29 is 9.59 Å². The third kappa shape index (κ3) is 9.27. The second kappa shape index (κ2) is 11.5. The Hall–Kier alpha value is -1.06. The monoisotopic (exact) mass is 352 g/mol. The molecule has 1 saturated carbocycles. The fourth-order valence-corrected chi connectivity index (χ4v) is 3.72. The van der Waals surface area contributed by atoms with Gasteiger partial charge in [-0.15, -0.1) is 0 Å². The molecule has 1 rings (SSSR count). The summed E-state index contributed by atoms with van der Waals surface area (Å²) in [5, 5.41) is 5.67. The first-order valence-corrected chi connectivity index (χ1v) is 10.4. The van der Waals surface area contributed by atoms with Gasteiger partial charge in [-0.2, -0.15) is 0 Å². The second-order valence-corrected chi connectivity index (χ2v) is 8.77. The summed E-state index contributed by atoms with van der Waals surface area (Å²) in [5.74, 6) is -0.210. The number of carbonyl (C=O) groups excluding carboxylic acids is 2. The molecular weight excluding hydrogens is 312 g/mol. The van der Waals surface area contributed by atoms with Crippen LogP contribution in [-0.2, 0) is 9.59 Å². The van der Waals surface area contributed by atoms with Gasteiger partial charge in [0, 0.05) is 12.6 Å². The van der Waals surface area contributed by atoms with Crippen molar-refractivity contribution >= 4 is 11.8 Å². The minimum absolute atomic E-state index is 0.162. The maximum Gasteiger partial charge on any atom is 0.309 e. The number of hydrogen-bond donors (Lipinski definition) is 2. The van der Waals surface area contributed by atoms with Crippen molar-refractivity contribution in [2.75, 3.05) is 6.54 Å². The molecule has 0 spiro atoms. The van der Waals surface area contributed by atoms with Gasteiger partial charge in [0.2, 0.25) is 0 Å². The fraction of sp³-hybridized carbons (Fsp3) is 0.905. The van der Waals surface area contributed by atoms with Gasteiger partial charge in [0.25, 0.3) is 0 Å². The van der Waals surface area contributed by atoms with Crippen LogP contribution in [0.3, 0.4) is 0 Å². The van der Waals surface area contributed by atoms with Gasteiger partial charge < -0.3 is 10.6 Å². The molecule has 0 unspecified atom stereocenters. The number of nitrogens with one attached hydrogen (secondary N) is 2. The van der Waals surface area contributed by atoms with Gasteiger partial charge in [-0.1, -0.05) is 66.2 Å². The van der Waals surface area contributed by atoms with Crippen LogP contribution in [0.2, 0.25) is 0 Å². The predicted octanol–water partition coefficient (Wildman–Crippen LogP) is 4.57. The molecule has 0 heterocycles. The Morgan fingerprint density at radius 3 is 1.96 bits per heavy atom. The van der Waals surface area contributed by atoms with Gasteiger partial charge in [0.1, 0.15) is 0 Å². The van der Waals surface area contributed by atoms with Crippen molar-refractivity contribution in [1.82, 2.24) is 10.6 Å². The SMILES string of the molecule is CCCCCCCCCNC(=O)C(=O)NC1CCC(C(C)(C)C)CC1. The molecule has 0 saturated heterocycles. The zero-order valence-electron chi connectivity index (χ0n) is 17.0. The van der Waals surface area contributed by atoms with E-state index in [2.05, 4.69) is 38.3 Å². The first-order valence-electron chi connectivity index (χ1n) is 10.4. The van der Waals surface area contributed by atoms with E-state index in [1.807, 2.05) is 0 Å². The molecule has 0 aromatic carbocycles. The molecule has 0 aromatic heterocycles. The lowest BCUT2D eigenvalue weighted by atomic mass is 9.71. The Bertz CT molecular complexity index is 393. The van der Waals surface area contributed by atoms with Gasteiger partial charge in [-0.05, 0) is 43.4 Å². The topological polar surface area (TPSA) is 58.2 Å². The summed E-state index contributed by atoms with van der Waals surface area (Å²) in [5.41, 5.74) is 0.336. The number of hydrogen-bond acceptors (Lipinski definition) is 2. The average Bonchev–Trinajstić information content (AvgIpc) is 2.56. The van der Waals surface area contributed by atoms with Crippen molar-refractivity contribution in [2.24, 2.45) is 11.3 Å². The molecule has 4 heteroatoms. The average molecular weight is 353 g/mol. The maximum absolute atomic E-state index is 12.0. The first kappa shape index (κ1) is 22.0. The zero-order chi connectivity index (χ0) is 18.7. The molecule has 146 valence electrons. The van der Waals surface area contributed by atoms with Crippen LogP contribution in [0.1, 0.15) is 98.3 Å². The molecule has 0 atom stereocenters. The van der Waals surface area contributed by atoms with Crippen LogP contribution in [-0.4, -0.2) is 24.4 Å². The van der Waals surface area contributed by atoms with Crippen LogP contribution in [0.15, 0.2) is 0 Å². The predicted molar refractivity (Wildman–Crippen MR) is 104 cm³/mol. The first-order chi connectivity index (χ1) is 11.8. The smallest absolute Gasteiger partial charge is 0.309 e. The Balaban J connectivity index is 2.10. The van der Waals surface area contributed by atoms with Gasteiger partial charge in [-0.3, -0.25) is 9.59 Å². The lowest BCUT2D eigenvalue weighted by molar-refractivity contribution is -0.139. The summed E-state index contributed by atoms with van der Waals surface area (Å²) >= 11 is 0. The normalized spacial score (nSPS) is 21.0. The van der Waals surface area contributed by atoms with Crippen LogP contribution in [0.25, 0.3) is 0 Å². The molecule has 4 nitrogen and oxygen atoms in total. The molecule has 0 radical (unpaired) electrons. The van der Waals surface area contributed by atoms with Crippen LogP contribution in [0.4, 0.5) is 0 Å². The number of unbranched alkanes of at least 4 members (excludes halogenated alkanes) is 6. The van der Waals surface area contributed by atoms with E-state index in [0.29, 0.717) is 17.9 Å². The highest BCUT2D eigenvalue weighted by Crippen LogP contribution is 2.37. The van der Waals surface area contributed by atoms with Crippen molar-refractivity contribution in [3.8, 4) is 0 Å². The van der Waals surface area contributed by atoms with E-state index in [1.54, 1.807) is 0 Å². The van der Waals surface area contributed by atoms with E-state index in [9.17, 15) is 9.59 Å². The molecule has 0 aromatic rings. The minimum atomic E-state index is -0.469. The quantitative estimate of drug-likeness (QED) is 0.471. The van der Waals surface area contributed by atoms with E-state index in [-0.39, 0.29) is 6.04 Å². The summed E-state index contributed by atoms with van der Waals surface area (Å²) in [6, 6.07) is 0.162. The molecular formula is C21H40N2O2. The zero-order valence-corrected chi connectivity index (χ0v) is 17.0. The Labute approximate surface area is 154 Å². The Morgan fingerprint density at radius 1 is 0.840 bits per heavy atom. The Kier molecular flexibility index (Phi) is 10.1. The summed E-state index contributed by atoms with van der Waals surface area (Å²) in [6.45, 7) is 9.68. The summed E-state index contributed by atoms with van der Waals surface area (Å²) in [4.78, 5) is 23.9. The third-order valence-electron chi connectivity index (χ3n) is 5.56. The number of carbonyl (C=O) groups is 2. The fourth-order valence-electron chi connectivity index (χ4n) is 3.72. The van der Waals surface area contributed by atoms with E-state index in [0.717, 1.165) is 38.5 Å². The van der Waals surface area contributed by atoms with Crippen LogP contribution in [0, 0.1) is 11.3 Å². The lowest BCUT2D eigenvalue weighted by Gasteiger charge is -2.37. The minimum Gasteiger partial charge on any atom is -0.348 e. The number of rotatable bonds is 9. The Morgan fingerprint density at radius 2 is 1.40 bits per heavy atom. The lowest BCUT2D eigenvalue weighted by Crippen LogP contribution is -2.46. The van der Waals surface area contributed by atoms with E-state index >= 15 is 0 Å². The molecule has 0 bridgehead atoms. The van der Waals surface area contributed by atoms with Gasteiger partial charge in [-0.25, -0.2) is 0 Å². The van der Waals surface area contributed by atoms with Gasteiger partial charge in [0.15, 0.2) is 0 Å². The highest BCUT2D eigenvalue weighted by Gasteiger charge is 2.30. The largest absolute Gasteiger partial charge is 0.348 e. The molecule has 2 N–H and O–H groups in total. The number of amides is 2. The van der Waals surface area contributed by atoms with E-state index in [1.165, 1.54) is 32.1 Å². The second-order valence-electron chi connectivity index (χ2n) is 8.77. The van der Waals surface area contributed by atoms with Gasteiger partial charge in [0.05, 0.1) is 0 Å². The summed E-state index contributed by atoms with van der Waals surface area (Å²) in [7, 11) is 0. The third-order valence-corrected chi connectivity index (χ3v) is 5.56. The van der Waals surface area contributed by atoms with Crippen molar-refractivity contribution in [2.45, 2.75) is 104 Å².